The normalized spacial score (nSPS) is 30.7. The minimum atomic E-state index is -0.217. The van der Waals surface area contributed by atoms with Crippen LogP contribution in [0.1, 0.15) is 79.6 Å². The van der Waals surface area contributed by atoms with E-state index in [1.54, 1.807) is 0 Å². The highest BCUT2D eigenvalue weighted by Crippen LogP contribution is 2.60. The van der Waals surface area contributed by atoms with Crippen molar-refractivity contribution in [2.45, 2.75) is 79.6 Å². The first-order valence-corrected chi connectivity index (χ1v) is 10.5. The third-order valence-electron chi connectivity index (χ3n) is 7.31. The van der Waals surface area contributed by atoms with Gasteiger partial charge in [0.1, 0.15) is 0 Å². The smallest absolute Gasteiger partial charge is 0.333 e. The van der Waals surface area contributed by atoms with E-state index in [0.717, 1.165) is 31.3 Å². The first-order valence-electron chi connectivity index (χ1n) is 10.5. The predicted molar refractivity (Wildman–Crippen MR) is 107 cm³/mol. The Balaban J connectivity index is 2.15. The van der Waals surface area contributed by atoms with Crippen LogP contribution in [0.4, 0.5) is 0 Å². The van der Waals surface area contributed by atoms with Crippen molar-refractivity contribution in [3.05, 3.63) is 11.6 Å². The number of hydrogen-bond acceptors (Lipinski definition) is 4. The molecular weight excluding hydrogens is 340 g/mol. The lowest BCUT2D eigenvalue weighted by atomic mass is 9.48. The van der Waals surface area contributed by atoms with Gasteiger partial charge in [-0.25, -0.2) is 4.79 Å². The lowest BCUT2D eigenvalue weighted by Gasteiger charge is -2.56. The molecule has 0 saturated heterocycles. The topological polar surface area (TPSA) is 52.6 Å². The second kappa shape index (κ2) is 8.79. The van der Waals surface area contributed by atoms with E-state index in [2.05, 4.69) is 33.8 Å². The first-order chi connectivity index (χ1) is 12.6. The molecule has 0 aromatic rings. The Morgan fingerprint density at radius 2 is 1.93 bits per heavy atom. The SMILES string of the molecule is COC(=O)C1=CCC2C(C)(C)CCCC2(C)C1CCC(C)CCOC(C)=O. The second-order valence-electron chi connectivity index (χ2n) is 9.65. The van der Waals surface area contributed by atoms with E-state index in [9.17, 15) is 9.59 Å². The molecule has 0 N–H and O–H groups in total. The molecule has 1 saturated carbocycles. The van der Waals surface area contributed by atoms with E-state index in [1.165, 1.54) is 33.3 Å². The average molecular weight is 379 g/mol. The number of allylic oxidation sites excluding steroid dienone is 1. The summed E-state index contributed by atoms with van der Waals surface area (Å²) < 4.78 is 10.2. The summed E-state index contributed by atoms with van der Waals surface area (Å²) in [7, 11) is 1.49. The number of ether oxygens (including phenoxy) is 2. The summed E-state index contributed by atoms with van der Waals surface area (Å²) in [5.41, 5.74) is 1.35. The van der Waals surface area contributed by atoms with Gasteiger partial charge < -0.3 is 9.47 Å². The van der Waals surface area contributed by atoms with E-state index in [1.807, 2.05) is 0 Å². The molecule has 4 atom stereocenters. The zero-order chi connectivity index (χ0) is 20.2. The molecule has 27 heavy (non-hydrogen) atoms. The maximum Gasteiger partial charge on any atom is 0.333 e. The molecule has 4 unspecified atom stereocenters. The van der Waals surface area contributed by atoms with Gasteiger partial charge in [0.15, 0.2) is 0 Å². The van der Waals surface area contributed by atoms with E-state index in [0.29, 0.717) is 23.9 Å². The van der Waals surface area contributed by atoms with Crippen LogP contribution in [0.3, 0.4) is 0 Å². The maximum atomic E-state index is 12.5. The average Bonchev–Trinajstić information content (AvgIpc) is 2.58. The molecule has 0 bridgehead atoms. The molecule has 154 valence electrons. The van der Waals surface area contributed by atoms with Crippen molar-refractivity contribution in [2.75, 3.05) is 13.7 Å². The number of methoxy groups -OCH3 is 1. The van der Waals surface area contributed by atoms with Gasteiger partial charge in [-0.05, 0) is 67.1 Å². The van der Waals surface area contributed by atoms with Crippen LogP contribution in [0, 0.1) is 28.6 Å². The summed E-state index contributed by atoms with van der Waals surface area (Å²) in [6.45, 7) is 11.3. The number of rotatable bonds is 7. The molecule has 4 nitrogen and oxygen atoms in total. The zero-order valence-corrected chi connectivity index (χ0v) is 18.1. The summed E-state index contributed by atoms with van der Waals surface area (Å²) in [5.74, 6) is 0.942. The van der Waals surface area contributed by atoms with Gasteiger partial charge in [-0.15, -0.1) is 0 Å². The number of carbonyl (C=O) groups excluding carboxylic acids is 2. The maximum absolute atomic E-state index is 12.5. The Hall–Kier alpha value is -1.32. The Morgan fingerprint density at radius 3 is 2.56 bits per heavy atom. The molecule has 0 aromatic carbocycles. The van der Waals surface area contributed by atoms with Crippen molar-refractivity contribution in [3.8, 4) is 0 Å². The molecule has 1 fully saturated rings. The van der Waals surface area contributed by atoms with Crippen LogP contribution in [-0.2, 0) is 19.1 Å². The van der Waals surface area contributed by atoms with Crippen molar-refractivity contribution >= 4 is 11.9 Å². The van der Waals surface area contributed by atoms with Gasteiger partial charge in [0.25, 0.3) is 0 Å². The Morgan fingerprint density at radius 1 is 1.22 bits per heavy atom. The summed E-state index contributed by atoms with van der Waals surface area (Å²) in [6.07, 6.45) is 9.71. The van der Waals surface area contributed by atoms with Gasteiger partial charge in [0.2, 0.25) is 0 Å². The monoisotopic (exact) mass is 378 g/mol. The van der Waals surface area contributed by atoms with Crippen molar-refractivity contribution in [1.29, 1.82) is 0 Å². The number of esters is 2. The van der Waals surface area contributed by atoms with Crippen molar-refractivity contribution in [1.82, 2.24) is 0 Å². The van der Waals surface area contributed by atoms with Crippen molar-refractivity contribution < 1.29 is 19.1 Å². The van der Waals surface area contributed by atoms with Gasteiger partial charge >= 0.3 is 11.9 Å². The fraction of sp³-hybridized carbons (Fsp3) is 0.826. The molecule has 2 rings (SSSR count). The van der Waals surface area contributed by atoms with E-state index in [4.69, 9.17) is 9.47 Å². The van der Waals surface area contributed by atoms with Gasteiger partial charge in [0, 0.05) is 12.5 Å². The summed E-state index contributed by atoms with van der Waals surface area (Å²) in [5, 5.41) is 0. The molecular formula is C23H38O4. The van der Waals surface area contributed by atoms with Crippen molar-refractivity contribution in [2.24, 2.45) is 28.6 Å². The second-order valence-corrected chi connectivity index (χ2v) is 9.65. The van der Waals surface area contributed by atoms with Gasteiger partial charge in [-0.1, -0.05) is 40.2 Å². The minimum absolute atomic E-state index is 0.148. The highest BCUT2D eigenvalue weighted by molar-refractivity contribution is 5.89. The Bertz CT molecular complexity index is 577. The molecule has 2 aliphatic rings. The molecule has 0 aromatic heterocycles. The van der Waals surface area contributed by atoms with Crippen molar-refractivity contribution in [3.63, 3.8) is 0 Å². The zero-order valence-electron chi connectivity index (χ0n) is 18.1. The number of hydrogen-bond donors (Lipinski definition) is 0. The standard InChI is InChI=1S/C23H38O4/c1-16(12-15-27-17(2)24)8-10-19-18(21(25)26-6)9-11-20-22(3,4)13-7-14-23(19,20)5/h9,16,19-20H,7-8,10-15H2,1-6H3. The Labute approximate surface area is 165 Å². The molecule has 0 aliphatic heterocycles. The Kier molecular flexibility index (Phi) is 7.15. The summed E-state index contributed by atoms with van der Waals surface area (Å²) >= 11 is 0. The lowest BCUT2D eigenvalue weighted by Crippen LogP contribution is -2.49. The van der Waals surface area contributed by atoms with Gasteiger partial charge in [-0.3, -0.25) is 4.79 Å². The van der Waals surface area contributed by atoms with Crippen LogP contribution in [0.5, 0.6) is 0 Å². The molecule has 0 spiro atoms. The summed E-state index contributed by atoms with van der Waals surface area (Å²) in [4.78, 5) is 23.5. The largest absolute Gasteiger partial charge is 0.466 e. The highest BCUT2D eigenvalue weighted by atomic mass is 16.5. The highest BCUT2D eigenvalue weighted by Gasteiger charge is 2.53. The van der Waals surface area contributed by atoms with Crippen LogP contribution >= 0.6 is 0 Å². The van der Waals surface area contributed by atoms with Crippen LogP contribution in [0.2, 0.25) is 0 Å². The van der Waals surface area contributed by atoms with Crippen LogP contribution in [-0.4, -0.2) is 25.7 Å². The van der Waals surface area contributed by atoms with E-state index < -0.39 is 0 Å². The first kappa shape index (κ1) is 22.0. The van der Waals surface area contributed by atoms with Crippen LogP contribution in [0.25, 0.3) is 0 Å². The van der Waals surface area contributed by atoms with Crippen LogP contribution < -0.4 is 0 Å². The summed E-state index contributed by atoms with van der Waals surface area (Å²) in [6, 6.07) is 0. The molecule has 0 amide bonds. The van der Waals surface area contributed by atoms with Gasteiger partial charge in [0.05, 0.1) is 13.7 Å². The van der Waals surface area contributed by atoms with Gasteiger partial charge in [-0.2, -0.15) is 0 Å². The lowest BCUT2D eigenvalue weighted by molar-refractivity contribution is -0.141. The predicted octanol–water partition coefficient (Wildman–Crippen LogP) is 5.31. The fourth-order valence-electron chi connectivity index (χ4n) is 5.74. The molecule has 0 radical (unpaired) electrons. The molecule has 0 heterocycles. The quantitative estimate of drug-likeness (QED) is 0.564. The molecule has 4 heteroatoms. The van der Waals surface area contributed by atoms with E-state index >= 15 is 0 Å². The van der Waals surface area contributed by atoms with E-state index in [-0.39, 0.29) is 23.3 Å². The third kappa shape index (κ3) is 4.94. The molecule has 2 aliphatic carbocycles. The minimum Gasteiger partial charge on any atom is -0.466 e. The van der Waals surface area contributed by atoms with Crippen LogP contribution in [0.15, 0.2) is 11.6 Å². The number of carbonyl (C=O) groups is 2. The fourth-order valence-corrected chi connectivity index (χ4v) is 5.74. The number of fused-ring (bicyclic) bond motifs is 1. The third-order valence-corrected chi connectivity index (χ3v) is 7.31.